The molecular formula is C21H33IO2. The first-order valence-electron chi connectivity index (χ1n) is 9.61. The van der Waals surface area contributed by atoms with Gasteiger partial charge in [0.1, 0.15) is 0 Å². The summed E-state index contributed by atoms with van der Waals surface area (Å²) in [6.07, 6.45) is 14.1. The molecule has 0 bridgehead atoms. The van der Waals surface area contributed by atoms with Crippen molar-refractivity contribution in [3.63, 3.8) is 0 Å². The molecule has 0 heterocycles. The average Bonchev–Trinajstić information content (AvgIpc) is 2.56. The van der Waals surface area contributed by atoms with Crippen LogP contribution in [0.4, 0.5) is 0 Å². The molecule has 1 aromatic carbocycles. The summed E-state index contributed by atoms with van der Waals surface area (Å²) in [6.45, 7) is 2.26. The molecule has 136 valence electrons. The molecule has 0 radical (unpaired) electrons. The Kier molecular flexibility index (Phi) is 12.2. The van der Waals surface area contributed by atoms with E-state index in [2.05, 4.69) is 53.8 Å². The Morgan fingerprint density at radius 3 is 2.12 bits per heavy atom. The van der Waals surface area contributed by atoms with Gasteiger partial charge in [0.2, 0.25) is 0 Å². The number of carboxylic acid groups (broad SMARTS) is 1. The van der Waals surface area contributed by atoms with Crippen molar-refractivity contribution in [2.75, 3.05) is 0 Å². The van der Waals surface area contributed by atoms with E-state index in [-0.39, 0.29) is 6.42 Å². The van der Waals surface area contributed by atoms with Crippen LogP contribution >= 0.6 is 22.6 Å². The number of hydrogen-bond acceptors (Lipinski definition) is 1. The highest BCUT2D eigenvalue weighted by Crippen LogP contribution is 2.30. The van der Waals surface area contributed by atoms with Crippen LogP contribution in [0.1, 0.15) is 95.5 Å². The van der Waals surface area contributed by atoms with Crippen molar-refractivity contribution in [3.05, 3.63) is 33.4 Å². The predicted molar refractivity (Wildman–Crippen MR) is 111 cm³/mol. The molecule has 0 fully saturated rings. The molecule has 0 saturated heterocycles. The Bertz CT molecular complexity index is 459. The Morgan fingerprint density at radius 2 is 1.54 bits per heavy atom. The highest BCUT2D eigenvalue weighted by Gasteiger charge is 2.15. The molecule has 0 aliphatic carbocycles. The molecule has 24 heavy (non-hydrogen) atoms. The SMILES string of the molecule is CCCCCCCCCCCC(CCC(=O)O)c1ccccc1I. The lowest BCUT2D eigenvalue weighted by molar-refractivity contribution is -0.137. The zero-order valence-corrected chi connectivity index (χ0v) is 17.3. The quantitative estimate of drug-likeness (QED) is 0.244. The molecule has 0 aromatic heterocycles. The summed E-state index contributed by atoms with van der Waals surface area (Å²) >= 11 is 2.38. The summed E-state index contributed by atoms with van der Waals surface area (Å²) in [6, 6.07) is 8.42. The van der Waals surface area contributed by atoms with E-state index < -0.39 is 5.97 Å². The largest absolute Gasteiger partial charge is 0.481 e. The Hall–Kier alpha value is -0.580. The monoisotopic (exact) mass is 444 g/mol. The Morgan fingerprint density at radius 1 is 0.958 bits per heavy atom. The van der Waals surface area contributed by atoms with Gasteiger partial charge in [0.25, 0.3) is 0 Å². The zero-order chi connectivity index (χ0) is 17.6. The van der Waals surface area contributed by atoms with Crippen molar-refractivity contribution in [3.8, 4) is 0 Å². The lowest BCUT2D eigenvalue weighted by atomic mass is 9.89. The van der Waals surface area contributed by atoms with Gasteiger partial charge in [-0.15, -0.1) is 0 Å². The normalized spacial score (nSPS) is 12.2. The minimum Gasteiger partial charge on any atom is -0.481 e. The standard InChI is InChI=1S/C21H33IO2/c1-2-3-4-5-6-7-8-9-10-13-18(16-17-21(23)24)19-14-11-12-15-20(19)22/h11-12,14-15,18H,2-10,13,16-17H2,1H3,(H,23,24). The van der Waals surface area contributed by atoms with Gasteiger partial charge in [0.15, 0.2) is 0 Å². The van der Waals surface area contributed by atoms with Crippen LogP contribution in [0.2, 0.25) is 0 Å². The van der Waals surface area contributed by atoms with E-state index in [1.165, 1.54) is 66.9 Å². The minimum absolute atomic E-state index is 0.271. The summed E-state index contributed by atoms with van der Waals surface area (Å²) in [4.78, 5) is 10.9. The number of hydrogen-bond donors (Lipinski definition) is 1. The summed E-state index contributed by atoms with van der Waals surface area (Å²) in [5.41, 5.74) is 1.33. The van der Waals surface area contributed by atoms with Crippen LogP contribution in [0.15, 0.2) is 24.3 Å². The number of benzene rings is 1. The molecule has 1 aromatic rings. The van der Waals surface area contributed by atoms with Crippen LogP contribution in [0.3, 0.4) is 0 Å². The van der Waals surface area contributed by atoms with Gasteiger partial charge >= 0.3 is 5.97 Å². The van der Waals surface area contributed by atoms with Crippen LogP contribution in [-0.4, -0.2) is 11.1 Å². The third-order valence-electron chi connectivity index (χ3n) is 4.71. The average molecular weight is 444 g/mol. The molecule has 2 nitrogen and oxygen atoms in total. The topological polar surface area (TPSA) is 37.3 Å². The highest BCUT2D eigenvalue weighted by atomic mass is 127. The van der Waals surface area contributed by atoms with Crippen LogP contribution < -0.4 is 0 Å². The van der Waals surface area contributed by atoms with Gasteiger partial charge in [0, 0.05) is 9.99 Å². The predicted octanol–water partition coefficient (Wildman–Crippen LogP) is 7.16. The van der Waals surface area contributed by atoms with E-state index in [1.54, 1.807) is 0 Å². The smallest absolute Gasteiger partial charge is 0.303 e. The second kappa shape index (κ2) is 13.7. The van der Waals surface area contributed by atoms with E-state index in [0.29, 0.717) is 5.92 Å². The first-order valence-corrected chi connectivity index (χ1v) is 10.7. The van der Waals surface area contributed by atoms with Gasteiger partial charge < -0.3 is 5.11 Å². The first kappa shape index (κ1) is 21.5. The number of halogens is 1. The molecule has 1 rings (SSSR count). The van der Waals surface area contributed by atoms with Crippen LogP contribution in [-0.2, 0) is 4.79 Å². The second-order valence-electron chi connectivity index (χ2n) is 6.77. The first-order chi connectivity index (χ1) is 11.6. The van der Waals surface area contributed by atoms with Crippen molar-refractivity contribution in [1.82, 2.24) is 0 Å². The number of carboxylic acids is 1. The maximum Gasteiger partial charge on any atom is 0.303 e. The van der Waals surface area contributed by atoms with Gasteiger partial charge in [-0.1, -0.05) is 82.9 Å². The maximum absolute atomic E-state index is 10.9. The fraction of sp³-hybridized carbons (Fsp3) is 0.667. The zero-order valence-electron chi connectivity index (χ0n) is 15.1. The number of unbranched alkanes of at least 4 members (excludes halogenated alkanes) is 8. The van der Waals surface area contributed by atoms with Gasteiger partial charge in [-0.2, -0.15) is 0 Å². The molecular weight excluding hydrogens is 411 g/mol. The van der Waals surface area contributed by atoms with Gasteiger partial charge in [-0.3, -0.25) is 4.79 Å². The van der Waals surface area contributed by atoms with Gasteiger partial charge in [-0.05, 0) is 53.0 Å². The van der Waals surface area contributed by atoms with Crippen molar-refractivity contribution >= 4 is 28.6 Å². The Balaban J connectivity index is 2.30. The van der Waals surface area contributed by atoms with E-state index in [0.717, 1.165) is 12.8 Å². The van der Waals surface area contributed by atoms with E-state index in [1.807, 2.05) is 0 Å². The van der Waals surface area contributed by atoms with E-state index >= 15 is 0 Å². The van der Waals surface area contributed by atoms with Gasteiger partial charge in [-0.25, -0.2) is 0 Å². The fourth-order valence-electron chi connectivity index (χ4n) is 3.26. The molecule has 0 aliphatic heterocycles. The molecule has 0 spiro atoms. The molecule has 0 saturated carbocycles. The van der Waals surface area contributed by atoms with Crippen molar-refractivity contribution in [2.24, 2.45) is 0 Å². The van der Waals surface area contributed by atoms with Crippen LogP contribution in [0, 0.1) is 3.57 Å². The highest BCUT2D eigenvalue weighted by molar-refractivity contribution is 14.1. The summed E-state index contributed by atoms with van der Waals surface area (Å²) in [7, 11) is 0. The maximum atomic E-state index is 10.9. The van der Waals surface area contributed by atoms with Crippen molar-refractivity contribution in [2.45, 2.75) is 89.9 Å². The van der Waals surface area contributed by atoms with Gasteiger partial charge in [0.05, 0.1) is 0 Å². The third-order valence-corrected chi connectivity index (χ3v) is 5.69. The van der Waals surface area contributed by atoms with E-state index in [9.17, 15) is 4.79 Å². The van der Waals surface area contributed by atoms with Crippen LogP contribution in [0.25, 0.3) is 0 Å². The Labute approximate surface area is 161 Å². The molecule has 1 atom stereocenters. The summed E-state index contributed by atoms with van der Waals surface area (Å²) in [5, 5.41) is 9.01. The molecule has 3 heteroatoms. The van der Waals surface area contributed by atoms with Crippen molar-refractivity contribution < 1.29 is 9.90 Å². The summed E-state index contributed by atoms with van der Waals surface area (Å²) < 4.78 is 1.27. The molecule has 0 aliphatic rings. The number of rotatable bonds is 14. The molecule has 1 N–H and O–H groups in total. The second-order valence-corrected chi connectivity index (χ2v) is 7.93. The lowest BCUT2D eigenvalue weighted by Gasteiger charge is -2.18. The number of aliphatic carboxylic acids is 1. The van der Waals surface area contributed by atoms with Crippen molar-refractivity contribution in [1.29, 1.82) is 0 Å². The minimum atomic E-state index is -0.682. The summed E-state index contributed by atoms with van der Waals surface area (Å²) in [5.74, 6) is -0.295. The number of carbonyl (C=O) groups is 1. The molecule has 1 unspecified atom stereocenters. The van der Waals surface area contributed by atoms with Crippen LogP contribution in [0.5, 0.6) is 0 Å². The lowest BCUT2D eigenvalue weighted by Crippen LogP contribution is -2.05. The third kappa shape index (κ3) is 9.65. The molecule has 0 amide bonds. The van der Waals surface area contributed by atoms with E-state index in [4.69, 9.17) is 5.11 Å². The fourth-order valence-corrected chi connectivity index (χ4v) is 4.09.